The molecule has 1 atom stereocenters. The highest BCUT2D eigenvalue weighted by Crippen LogP contribution is 2.19. The molecule has 5 heteroatoms. The molecule has 1 aliphatic rings. The van der Waals surface area contributed by atoms with Gasteiger partial charge in [-0.1, -0.05) is 12.1 Å². The zero-order valence-corrected chi connectivity index (χ0v) is 12.9. The number of benzene rings is 1. The Morgan fingerprint density at radius 3 is 2.86 bits per heavy atom. The van der Waals surface area contributed by atoms with Crippen molar-refractivity contribution in [3.8, 4) is 5.75 Å². The maximum atomic E-state index is 10.3. The van der Waals surface area contributed by atoms with Gasteiger partial charge in [-0.3, -0.25) is 4.99 Å². The number of hydrogen-bond donors (Lipinski definition) is 2. The minimum Gasteiger partial charge on any atom is -0.497 e. The second kappa shape index (κ2) is 7.88. The van der Waals surface area contributed by atoms with E-state index in [1.807, 2.05) is 24.3 Å². The first kappa shape index (κ1) is 15.6. The van der Waals surface area contributed by atoms with Crippen LogP contribution in [0, 0.1) is 0 Å². The summed E-state index contributed by atoms with van der Waals surface area (Å²) in [6.07, 6.45) is 1.81. The first-order chi connectivity index (χ1) is 10.2. The van der Waals surface area contributed by atoms with Gasteiger partial charge in [-0.2, -0.15) is 0 Å². The van der Waals surface area contributed by atoms with Gasteiger partial charge in [0.1, 0.15) is 5.75 Å². The number of aliphatic imine (C=N–C) groups is 1. The van der Waals surface area contributed by atoms with Crippen LogP contribution in [0.3, 0.4) is 0 Å². The topological polar surface area (TPSA) is 57.1 Å². The lowest BCUT2D eigenvalue weighted by Gasteiger charge is -2.21. The van der Waals surface area contributed by atoms with Gasteiger partial charge in [0.05, 0.1) is 19.8 Å². The average Bonchev–Trinajstić information content (AvgIpc) is 3.05. The fraction of sp³-hybridized carbons (Fsp3) is 0.562. The van der Waals surface area contributed by atoms with Crippen molar-refractivity contribution in [2.75, 3.05) is 33.3 Å². The van der Waals surface area contributed by atoms with Crippen LogP contribution in [0.5, 0.6) is 5.75 Å². The van der Waals surface area contributed by atoms with Crippen LogP contribution in [0.25, 0.3) is 0 Å². The number of guanidine groups is 1. The van der Waals surface area contributed by atoms with Gasteiger partial charge in [0.2, 0.25) is 0 Å². The van der Waals surface area contributed by atoms with Crippen molar-refractivity contribution in [1.82, 2.24) is 10.2 Å². The standard InChI is InChI=1S/C16H25N3O2/c1-3-17-16(19-9-4-5-10-19)18-12-15(20)13-7-6-8-14(11-13)21-2/h6-8,11,15,20H,3-5,9-10,12H2,1-2H3,(H,17,18). The Morgan fingerprint density at radius 2 is 2.19 bits per heavy atom. The lowest BCUT2D eigenvalue weighted by molar-refractivity contribution is 0.186. The molecule has 0 spiro atoms. The molecule has 21 heavy (non-hydrogen) atoms. The van der Waals surface area contributed by atoms with Crippen molar-refractivity contribution in [2.45, 2.75) is 25.9 Å². The number of ether oxygens (including phenoxy) is 1. The summed E-state index contributed by atoms with van der Waals surface area (Å²) in [7, 11) is 1.63. The van der Waals surface area contributed by atoms with Gasteiger partial charge >= 0.3 is 0 Å². The number of nitrogens with one attached hydrogen (secondary N) is 1. The van der Waals surface area contributed by atoms with E-state index in [-0.39, 0.29) is 0 Å². The van der Waals surface area contributed by atoms with E-state index in [1.165, 1.54) is 12.8 Å². The number of aliphatic hydroxyl groups is 1. The van der Waals surface area contributed by atoms with Gasteiger partial charge in [0.25, 0.3) is 0 Å². The molecule has 5 nitrogen and oxygen atoms in total. The van der Waals surface area contributed by atoms with Gasteiger partial charge in [0, 0.05) is 19.6 Å². The first-order valence-corrected chi connectivity index (χ1v) is 7.60. The van der Waals surface area contributed by atoms with Crippen LogP contribution in [0.15, 0.2) is 29.3 Å². The van der Waals surface area contributed by atoms with E-state index in [1.54, 1.807) is 7.11 Å². The molecule has 1 aliphatic heterocycles. The molecule has 1 saturated heterocycles. The van der Waals surface area contributed by atoms with E-state index in [0.29, 0.717) is 6.54 Å². The molecule has 1 aromatic rings. The lowest BCUT2D eigenvalue weighted by atomic mass is 10.1. The van der Waals surface area contributed by atoms with Crippen LogP contribution in [-0.2, 0) is 0 Å². The Balaban J connectivity index is 2.01. The van der Waals surface area contributed by atoms with E-state index in [9.17, 15) is 5.11 Å². The van der Waals surface area contributed by atoms with E-state index in [2.05, 4.69) is 22.1 Å². The van der Waals surface area contributed by atoms with Crippen LogP contribution in [0.2, 0.25) is 0 Å². The molecule has 1 unspecified atom stereocenters. The normalized spacial score (nSPS) is 16.9. The summed E-state index contributed by atoms with van der Waals surface area (Å²) in [4.78, 5) is 6.82. The molecule has 0 aromatic heterocycles. The van der Waals surface area contributed by atoms with Crippen molar-refractivity contribution < 1.29 is 9.84 Å². The third kappa shape index (κ3) is 4.36. The van der Waals surface area contributed by atoms with E-state index in [0.717, 1.165) is 36.9 Å². The highest BCUT2D eigenvalue weighted by Gasteiger charge is 2.16. The van der Waals surface area contributed by atoms with Crippen LogP contribution in [-0.4, -0.2) is 49.3 Å². The smallest absolute Gasteiger partial charge is 0.194 e. The van der Waals surface area contributed by atoms with Gasteiger partial charge in [0.15, 0.2) is 5.96 Å². The Kier molecular flexibility index (Phi) is 5.87. The predicted octanol–water partition coefficient (Wildman–Crippen LogP) is 1.79. The van der Waals surface area contributed by atoms with Crippen molar-refractivity contribution >= 4 is 5.96 Å². The highest BCUT2D eigenvalue weighted by atomic mass is 16.5. The molecule has 2 N–H and O–H groups in total. The number of likely N-dealkylation sites (tertiary alicyclic amines) is 1. The van der Waals surface area contributed by atoms with E-state index < -0.39 is 6.10 Å². The Morgan fingerprint density at radius 1 is 1.43 bits per heavy atom. The molecule has 2 rings (SSSR count). The number of aliphatic hydroxyl groups excluding tert-OH is 1. The molecule has 0 saturated carbocycles. The third-order valence-corrected chi connectivity index (χ3v) is 3.63. The molecule has 0 amide bonds. The molecule has 116 valence electrons. The summed E-state index contributed by atoms with van der Waals surface area (Å²) in [5, 5.41) is 13.6. The second-order valence-electron chi connectivity index (χ2n) is 5.18. The Hall–Kier alpha value is -1.75. The molecular formula is C16H25N3O2. The van der Waals surface area contributed by atoms with Crippen LogP contribution >= 0.6 is 0 Å². The van der Waals surface area contributed by atoms with Crippen LogP contribution < -0.4 is 10.1 Å². The molecule has 0 bridgehead atoms. The SMILES string of the molecule is CCNC(=NCC(O)c1cccc(OC)c1)N1CCCC1. The van der Waals surface area contributed by atoms with Gasteiger partial charge in [-0.05, 0) is 37.5 Å². The largest absolute Gasteiger partial charge is 0.497 e. The van der Waals surface area contributed by atoms with Crippen molar-refractivity contribution in [3.63, 3.8) is 0 Å². The Bertz CT molecular complexity index is 470. The van der Waals surface area contributed by atoms with Crippen LogP contribution in [0.4, 0.5) is 0 Å². The third-order valence-electron chi connectivity index (χ3n) is 3.63. The fourth-order valence-electron chi connectivity index (χ4n) is 2.48. The average molecular weight is 291 g/mol. The monoisotopic (exact) mass is 291 g/mol. The lowest BCUT2D eigenvalue weighted by Crippen LogP contribution is -2.39. The summed E-state index contributed by atoms with van der Waals surface area (Å²) in [6, 6.07) is 7.50. The number of rotatable bonds is 5. The van der Waals surface area contributed by atoms with Gasteiger partial charge in [-0.15, -0.1) is 0 Å². The first-order valence-electron chi connectivity index (χ1n) is 7.60. The Labute approximate surface area is 126 Å². The fourth-order valence-corrected chi connectivity index (χ4v) is 2.48. The molecule has 0 radical (unpaired) electrons. The summed E-state index contributed by atoms with van der Waals surface area (Å²) < 4.78 is 5.18. The van der Waals surface area contributed by atoms with Crippen LogP contribution in [0.1, 0.15) is 31.4 Å². The highest BCUT2D eigenvalue weighted by molar-refractivity contribution is 5.80. The maximum Gasteiger partial charge on any atom is 0.194 e. The molecule has 1 fully saturated rings. The molecule has 0 aliphatic carbocycles. The van der Waals surface area contributed by atoms with Crippen molar-refractivity contribution in [3.05, 3.63) is 29.8 Å². The van der Waals surface area contributed by atoms with Gasteiger partial charge < -0.3 is 20.1 Å². The van der Waals surface area contributed by atoms with E-state index in [4.69, 9.17) is 4.74 Å². The summed E-state index contributed by atoms with van der Waals surface area (Å²) in [5.41, 5.74) is 0.829. The van der Waals surface area contributed by atoms with E-state index >= 15 is 0 Å². The number of nitrogens with zero attached hydrogens (tertiary/aromatic N) is 2. The predicted molar refractivity (Wildman–Crippen MR) is 84.7 cm³/mol. The minimum atomic E-state index is -0.614. The zero-order chi connectivity index (χ0) is 15.1. The molecular weight excluding hydrogens is 266 g/mol. The summed E-state index contributed by atoms with van der Waals surface area (Å²) >= 11 is 0. The molecule has 1 heterocycles. The van der Waals surface area contributed by atoms with Crippen molar-refractivity contribution in [1.29, 1.82) is 0 Å². The summed E-state index contributed by atoms with van der Waals surface area (Å²) in [5.74, 6) is 1.65. The second-order valence-corrected chi connectivity index (χ2v) is 5.18. The summed E-state index contributed by atoms with van der Waals surface area (Å²) in [6.45, 7) is 5.34. The molecule has 1 aromatic carbocycles. The van der Waals surface area contributed by atoms with Crippen molar-refractivity contribution in [2.24, 2.45) is 4.99 Å². The quantitative estimate of drug-likeness (QED) is 0.641. The number of methoxy groups -OCH3 is 1. The van der Waals surface area contributed by atoms with Gasteiger partial charge in [-0.25, -0.2) is 0 Å². The maximum absolute atomic E-state index is 10.3. The minimum absolute atomic E-state index is 0.353. The zero-order valence-electron chi connectivity index (χ0n) is 12.9. The number of hydrogen-bond acceptors (Lipinski definition) is 3.